The number of hydrogen-bond donors (Lipinski definition) is 1. The molecule has 6 heteroatoms. The number of rotatable bonds is 4. The SMILES string of the molecule is CCN(c1ncnc2sc(C(=O)O)c(C)c12)C(C)C. The lowest BCUT2D eigenvalue weighted by molar-refractivity contribution is 0.0701. The molecule has 0 saturated carbocycles. The summed E-state index contributed by atoms with van der Waals surface area (Å²) < 4.78 is 0. The van der Waals surface area contributed by atoms with Gasteiger partial charge in [-0.1, -0.05) is 0 Å². The maximum atomic E-state index is 11.2. The number of fused-ring (bicyclic) bond motifs is 1. The zero-order valence-electron chi connectivity index (χ0n) is 11.5. The molecular weight excluding hydrogens is 262 g/mol. The van der Waals surface area contributed by atoms with Crippen molar-refractivity contribution in [2.24, 2.45) is 0 Å². The summed E-state index contributed by atoms with van der Waals surface area (Å²) in [7, 11) is 0. The van der Waals surface area contributed by atoms with Crippen LogP contribution in [0, 0.1) is 6.92 Å². The zero-order valence-corrected chi connectivity index (χ0v) is 12.3. The summed E-state index contributed by atoms with van der Waals surface area (Å²) in [5, 5.41) is 10.1. The molecule has 0 amide bonds. The van der Waals surface area contributed by atoms with Crippen molar-refractivity contribution in [1.29, 1.82) is 0 Å². The van der Waals surface area contributed by atoms with Crippen LogP contribution in [-0.2, 0) is 0 Å². The minimum Gasteiger partial charge on any atom is -0.477 e. The molecule has 0 atom stereocenters. The van der Waals surface area contributed by atoms with E-state index in [0.717, 1.165) is 28.1 Å². The van der Waals surface area contributed by atoms with Crippen LogP contribution < -0.4 is 4.90 Å². The second-order valence-corrected chi connectivity index (χ2v) is 5.62. The van der Waals surface area contributed by atoms with Crippen molar-refractivity contribution in [1.82, 2.24) is 9.97 Å². The van der Waals surface area contributed by atoms with Crippen molar-refractivity contribution in [3.05, 3.63) is 16.8 Å². The molecule has 0 unspecified atom stereocenters. The van der Waals surface area contributed by atoms with Gasteiger partial charge in [-0.05, 0) is 33.3 Å². The van der Waals surface area contributed by atoms with E-state index in [1.165, 1.54) is 17.7 Å². The van der Waals surface area contributed by atoms with E-state index < -0.39 is 5.97 Å². The molecule has 0 radical (unpaired) electrons. The van der Waals surface area contributed by atoms with Gasteiger partial charge in [0.1, 0.15) is 21.9 Å². The highest BCUT2D eigenvalue weighted by Gasteiger charge is 2.21. The van der Waals surface area contributed by atoms with Gasteiger partial charge in [-0.2, -0.15) is 0 Å². The van der Waals surface area contributed by atoms with Crippen molar-refractivity contribution >= 4 is 33.3 Å². The van der Waals surface area contributed by atoms with E-state index in [0.29, 0.717) is 10.9 Å². The summed E-state index contributed by atoms with van der Waals surface area (Å²) in [5.41, 5.74) is 0.752. The molecule has 19 heavy (non-hydrogen) atoms. The minimum absolute atomic E-state index is 0.302. The van der Waals surface area contributed by atoms with Gasteiger partial charge in [0.05, 0.1) is 5.39 Å². The number of aromatic carboxylic acids is 1. The summed E-state index contributed by atoms with van der Waals surface area (Å²) in [4.78, 5) is 23.0. The van der Waals surface area contributed by atoms with Gasteiger partial charge in [0.25, 0.3) is 0 Å². The van der Waals surface area contributed by atoms with E-state index in [-0.39, 0.29) is 0 Å². The second kappa shape index (κ2) is 5.13. The molecule has 1 N–H and O–H groups in total. The first-order valence-corrected chi connectivity index (χ1v) is 7.03. The second-order valence-electron chi connectivity index (χ2n) is 4.62. The highest BCUT2D eigenvalue weighted by Crippen LogP contribution is 2.35. The van der Waals surface area contributed by atoms with Gasteiger partial charge in [0.2, 0.25) is 0 Å². The van der Waals surface area contributed by atoms with E-state index >= 15 is 0 Å². The fourth-order valence-electron chi connectivity index (χ4n) is 2.23. The van der Waals surface area contributed by atoms with Crippen LogP contribution in [0.25, 0.3) is 10.2 Å². The lowest BCUT2D eigenvalue weighted by Gasteiger charge is -2.26. The van der Waals surface area contributed by atoms with E-state index in [1.807, 2.05) is 6.92 Å². The van der Waals surface area contributed by atoms with Gasteiger partial charge in [0, 0.05) is 12.6 Å². The Morgan fingerprint density at radius 3 is 2.68 bits per heavy atom. The van der Waals surface area contributed by atoms with Crippen LogP contribution >= 0.6 is 11.3 Å². The number of hydrogen-bond acceptors (Lipinski definition) is 5. The summed E-state index contributed by atoms with van der Waals surface area (Å²) in [6.45, 7) is 8.90. The van der Waals surface area contributed by atoms with Gasteiger partial charge in [0.15, 0.2) is 0 Å². The van der Waals surface area contributed by atoms with Crippen LogP contribution in [-0.4, -0.2) is 33.6 Å². The molecule has 0 aromatic carbocycles. The monoisotopic (exact) mass is 279 g/mol. The maximum absolute atomic E-state index is 11.2. The van der Waals surface area contributed by atoms with Crippen molar-refractivity contribution in [2.45, 2.75) is 33.7 Å². The van der Waals surface area contributed by atoms with E-state index in [1.54, 1.807) is 0 Å². The molecule has 0 saturated heterocycles. The van der Waals surface area contributed by atoms with Crippen molar-refractivity contribution in [2.75, 3.05) is 11.4 Å². The Balaban J connectivity index is 2.72. The lowest BCUT2D eigenvalue weighted by Crippen LogP contribution is -2.31. The van der Waals surface area contributed by atoms with Gasteiger partial charge >= 0.3 is 5.97 Å². The summed E-state index contributed by atoms with van der Waals surface area (Å²) in [5.74, 6) is -0.0807. The van der Waals surface area contributed by atoms with Crippen LogP contribution in [0.4, 0.5) is 5.82 Å². The Kier molecular flexibility index (Phi) is 3.71. The first-order valence-electron chi connectivity index (χ1n) is 6.21. The number of aryl methyl sites for hydroxylation is 1. The van der Waals surface area contributed by atoms with Crippen molar-refractivity contribution < 1.29 is 9.90 Å². The Morgan fingerprint density at radius 1 is 1.47 bits per heavy atom. The maximum Gasteiger partial charge on any atom is 0.346 e. The largest absolute Gasteiger partial charge is 0.477 e. The molecule has 2 aromatic heterocycles. The Morgan fingerprint density at radius 2 is 2.16 bits per heavy atom. The van der Waals surface area contributed by atoms with Gasteiger partial charge in [-0.3, -0.25) is 0 Å². The fourth-order valence-corrected chi connectivity index (χ4v) is 3.22. The van der Waals surface area contributed by atoms with Crippen LogP contribution in [0.1, 0.15) is 36.0 Å². The number of anilines is 1. The molecule has 102 valence electrons. The first kappa shape index (κ1) is 13.7. The summed E-state index contributed by atoms with van der Waals surface area (Å²) >= 11 is 1.21. The predicted octanol–water partition coefficient (Wildman–Crippen LogP) is 2.93. The van der Waals surface area contributed by atoms with Crippen LogP contribution in [0.5, 0.6) is 0 Å². The lowest BCUT2D eigenvalue weighted by atomic mass is 10.2. The molecule has 0 spiro atoms. The van der Waals surface area contributed by atoms with Gasteiger partial charge in [-0.15, -0.1) is 11.3 Å². The Labute approximate surface area is 115 Å². The average molecular weight is 279 g/mol. The smallest absolute Gasteiger partial charge is 0.346 e. The molecule has 0 aliphatic carbocycles. The summed E-state index contributed by atoms with van der Waals surface area (Å²) in [6, 6.07) is 0.302. The van der Waals surface area contributed by atoms with E-state index in [4.69, 9.17) is 0 Å². The van der Waals surface area contributed by atoms with Gasteiger partial charge in [-0.25, -0.2) is 14.8 Å². The highest BCUT2D eigenvalue weighted by atomic mass is 32.1. The number of carboxylic acid groups (broad SMARTS) is 1. The van der Waals surface area contributed by atoms with Crippen molar-refractivity contribution in [3.8, 4) is 0 Å². The third-order valence-corrected chi connectivity index (χ3v) is 4.32. The van der Waals surface area contributed by atoms with Gasteiger partial charge < -0.3 is 10.0 Å². The number of thiophene rings is 1. The molecular formula is C13H17N3O2S. The van der Waals surface area contributed by atoms with Crippen LogP contribution in [0.15, 0.2) is 6.33 Å². The summed E-state index contributed by atoms with van der Waals surface area (Å²) in [6.07, 6.45) is 1.50. The predicted molar refractivity (Wildman–Crippen MR) is 77.3 cm³/mol. The number of carboxylic acids is 1. The molecule has 2 heterocycles. The van der Waals surface area contributed by atoms with E-state index in [9.17, 15) is 9.90 Å². The number of carbonyl (C=O) groups is 1. The molecule has 0 fully saturated rings. The van der Waals surface area contributed by atoms with Crippen LogP contribution in [0.3, 0.4) is 0 Å². The standard InChI is InChI=1S/C13H17N3O2S/c1-5-16(7(2)3)11-9-8(4)10(13(17)18)19-12(9)15-6-14-11/h6-7H,5H2,1-4H3,(H,17,18). The molecule has 2 aromatic rings. The third-order valence-electron chi connectivity index (χ3n) is 3.14. The normalized spacial score (nSPS) is 11.2. The third kappa shape index (κ3) is 2.28. The first-order chi connectivity index (χ1) is 8.97. The average Bonchev–Trinajstić information content (AvgIpc) is 2.68. The van der Waals surface area contributed by atoms with Crippen LogP contribution in [0.2, 0.25) is 0 Å². The molecule has 0 aliphatic rings. The van der Waals surface area contributed by atoms with Crippen molar-refractivity contribution in [3.63, 3.8) is 0 Å². The quantitative estimate of drug-likeness (QED) is 0.932. The topological polar surface area (TPSA) is 66.3 Å². The molecule has 5 nitrogen and oxygen atoms in total. The Bertz CT molecular complexity index is 622. The number of nitrogens with zero attached hydrogens (tertiary/aromatic N) is 3. The molecule has 0 bridgehead atoms. The number of aromatic nitrogens is 2. The minimum atomic E-state index is -0.904. The molecule has 2 rings (SSSR count). The molecule has 0 aliphatic heterocycles. The Hall–Kier alpha value is -1.69. The highest BCUT2D eigenvalue weighted by molar-refractivity contribution is 7.20. The van der Waals surface area contributed by atoms with E-state index in [2.05, 4.69) is 35.6 Å². The fraction of sp³-hybridized carbons (Fsp3) is 0.462. The zero-order chi connectivity index (χ0) is 14.2.